The van der Waals surface area contributed by atoms with Gasteiger partial charge < -0.3 is 14.5 Å². The minimum absolute atomic E-state index is 0.0256. The molecule has 1 amide bonds. The molecule has 0 saturated carbocycles. The van der Waals surface area contributed by atoms with Crippen molar-refractivity contribution in [2.24, 2.45) is 0 Å². The molecule has 21 heavy (non-hydrogen) atoms. The third-order valence-electron chi connectivity index (χ3n) is 3.52. The van der Waals surface area contributed by atoms with E-state index in [0.717, 1.165) is 39.1 Å². The lowest BCUT2D eigenvalue weighted by atomic mass is 10.3. The van der Waals surface area contributed by atoms with Crippen LogP contribution in [0, 0.1) is 0 Å². The van der Waals surface area contributed by atoms with Gasteiger partial charge in [-0.05, 0) is 37.2 Å². The average molecular weight is 331 g/mol. The number of ether oxygens (including phenoxy) is 1. The van der Waals surface area contributed by atoms with Crippen LogP contribution in [0.5, 0.6) is 5.75 Å². The number of amides is 1. The van der Waals surface area contributed by atoms with Crippen LogP contribution in [0.4, 0.5) is 0 Å². The summed E-state index contributed by atoms with van der Waals surface area (Å²) in [5, 5.41) is 0.653. The molecule has 1 aromatic carbocycles. The highest BCUT2D eigenvalue weighted by atomic mass is 35.5. The summed E-state index contributed by atoms with van der Waals surface area (Å²) in [7, 11) is 0. The lowest BCUT2D eigenvalue weighted by Crippen LogP contribution is -2.38. The van der Waals surface area contributed by atoms with Crippen LogP contribution in [0.1, 0.15) is 6.42 Å². The number of carbonyl (C=O) groups excluding carboxylic acids is 1. The first kappa shape index (κ1) is 16.4. The molecule has 116 valence electrons. The Balaban J connectivity index is 1.79. The second-order valence-electron chi connectivity index (χ2n) is 5.01. The molecule has 4 nitrogen and oxygen atoms in total. The van der Waals surface area contributed by atoms with E-state index in [4.69, 9.17) is 27.9 Å². The van der Waals surface area contributed by atoms with Crippen molar-refractivity contribution in [1.29, 1.82) is 0 Å². The second kappa shape index (κ2) is 8.47. The fraction of sp³-hybridized carbons (Fsp3) is 0.533. The fourth-order valence-electron chi connectivity index (χ4n) is 2.33. The highest BCUT2D eigenvalue weighted by Gasteiger charge is 2.19. The van der Waals surface area contributed by atoms with Crippen molar-refractivity contribution in [2.75, 3.05) is 45.2 Å². The van der Waals surface area contributed by atoms with E-state index >= 15 is 0 Å². The molecular formula is C15H20Cl2N2O2. The van der Waals surface area contributed by atoms with Crippen LogP contribution in [-0.4, -0.2) is 60.9 Å². The zero-order chi connectivity index (χ0) is 15.1. The zero-order valence-electron chi connectivity index (χ0n) is 11.9. The van der Waals surface area contributed by atoms with Gasteiger partial charge in [0.15, 0.2) is 6.61 Å². The summed E-state index contributed by atoms with van der Waals surface area (Å²) in [6, 6.07) is 7.02. The van der Waals surface area contributed by atoms with Crippen LogP contribution in [0.25, 0.3) is 0 Å². The Morgan fingerprint density at radius 3 is 2.62 bits per heavy atom. The van der Waals surface area contributed by atoms with E-state index in [1.807, 2.05) is 4.90 Å². The van der Waals surface area contributed by atoms with Gasteiger partial charge in [0.25, 0.3) is 5.91 Å². The van der Waals surface area contributed by atoms with Crippen molar-refractivity contribution in [3.05, 3.63) is 29.3 Å². The van der Waals surface area contributed by atoms with Crippen LogP contribution in [0.3, 0.4) is 0 Å². The Kier molecular flexibility index (Phi) is 6.61. The van der Waals surface area contributed by atoms with Gasteiger partial charge in [-0.3, -0.25) is 4.79 Å². The summed E-state index contributed by atoms with van der Waals surface area (Å²) in [6.07, 6.45) is 0.976. The monoisotopic (exact) mass is 330 g/mol. The summed E-state index contributed by atoms with van der Waals surface area (Å²) in [5.41, 5.74) is 0. The van der Waals surface area contributed by atoms with Crippen molar-refractivity contribution in [3.63, 3.8) is 0 Å². The van der Waals surface area contributed by atoms with Crippen molar-refractivity contribution >= 4 is 29.1 Å². The van der Waals surface area contributed by atoms with Crippen molar-refractivity contribution in [1.82, 2.24) is 9.80 Å². The predicted octanol–water partition coefficient (Wildman–Crippen LogP) is 2.49. The maximum Gasteiger partial charge on any atom is 0.260 e. The molecule has 1 aromatic rings. The quantitative estimate of drug-likeness (QED) is 0.777. The Labute approximate surface area is 135 Å². The lowest BCUT2D eigenvalue weighted by molar-refractivity contribution is -0.133. The number of halogens is 2. The average Bonchev–Trinajstić information content (AvgIpc) is 2.72. The Hall–Kier alpha value is -0.970. The van der Waals surface area contributed by atoms with E-state index in [-0.39, 0.29) is 12.5 Å². The zero-order valence-corrected chi connectivity index (χ0v) is 13.4. The SMILES string of the molecule is O=C(COc1ccc(Cl)cc1)N1CCCN(CCCl)CC1. The summed E-state index contributed by atoms with van der Waals surface area (Å²) < 4.78 is 5.51. The smallest absolute Gasteiger partial charge is 0.260 e. The highest BCUT2D eigenvalue weighted by Crippen LogP contribution is 2.15. The number of nitrogens with zero attached hydrogens (tertiary/aromatic N) is 2. The molecule has 2 rings (SSSR count). The molecule has 1 heterocycles. The van der Waals surface area contributed by atoms with E-state index in [0.29, 0.717) is 16.7 Å². The van der Waals surface area contributed by atoms with Gasteiger partial charge in [-0.1, -0.05) is 11.6 Å². The second-order valence-corrected chi connectivity index (χ2v) is 5.82. The van der Waals surface area contributed by atoms with Crippen LogP contribution < -0.4 is 4.74 Å². The molecule has 1 fully saturated rings. The Morgan fingerprint density at radius 1 is 1.14 bits per heavy atom. The van der Waals surface area contributed by atoms with Gasteiger partial charge in [0.05, 0.1) is 0 Å². The molecular weight excluding hydrogens is 311 g/mol. The number of hydrogen-bond donors (Lipinski definition) is 0. The molecule has 0 aromatic heterocycles. The first-order valence-electron chi connectivity index (χ1n) is 7.13. The van der Waals surface area contributed by atoms with E-state index in [2.05, 4.69) is 4.90 Å². The van der Waals surface area contributed by atoms with E-state index in [1.54, 1.807) is 24.3 Å². The van der Waals surface area contributed by atoms with Crippen LogP contribution in [-0.2, 0) is 4.79 Å². The molecule has 1 saturated heterocycles. The molecule has 0 unspecified atom stereocenters. The predicted molar refractivity (Wildman–Crippen MR) is 85.3 cm³/mol. The third kappa shape index (κ3) is 5.38. The summed E-state index contributed by atoms with van der Waals surface area (Å²) in [6.45, 7) is 4.33. The molecule has 1 aliphatic heterocycles. The van der Waals surface area contributed by atoms with Gasteiger partial charge in [0, 0.05) is 37.1 Å². The maximum absolute atomic E-state index is 12.2. The number of benzene rings is 1. The molecule has 6 heteroatoms. The molecule has 0 bridgehead atoms. The van der Waals surface area contributed by atoms with Crippen LogP contribution in [0.2, 0.25) is 5.02 Å². The van der Waals surface area contributed by atoms with E-state index < -0.39 is 0 Å². The highest BCUT2D eigenvalue weighted by molar-refractivity contribution is 6.30. The Morgan fingerprint density at radius 2 is 1.90 bits per heavy atom. The van der Waals surface area contributed by atoms with Crippen molar-refractivity contribution < 1.29 is 9.53 Å². The third-order valence-corrected chi connectivity index (χ3v) is 3.94. The number of carbonyl (C=O) groups is 1. The first-order valence-corrected chi connectivity index (χ1v) is 8.05. The van der Waals surface area contributed by atoms with Crippen molar-refractivity contribution in [2.45, 2.75) is 6.42 Å². The van der Waals surface area contributed by atoms with E-state index in [1.165, 1.54) is 0 Å². The largest absolute Gasteiger partial charge is 0.484 e. The molecule has 0 atom stereocenters. The molecule has 0 spiro atoms. The topological polar surface area (TPSA) is 32.8 Å². The lowest BCUT2D eigenvalue weighted by Gasteiger charge is -2.21. The van der Waals surface area contributed by atoms with Crippen LogP contribution in [0.15, 0.2) is 24.3 Å². The standard InChI is InChI=1S/C15H20Cl2N2O2/c16-6-9-18-7-1-8-19(11-10-18)15(20)12-21-14-4-2-13(17)3-5-14/h2-5H,1,6-12H2. The van der Waals surface area contributed by atoms with Crippen LogP contribution >= 0.6 is 23.2 Å². The fourth-order valence-corrected chi connectivity index (χ4v) is 2.70. The van der Waals surface area contributed by atoms with Gasteiger partial charge in [0.2, 0.25) is 0 Å². The maximum atomic E-state index is 12.2. The first-order chi connectivity index (χ1) is 10.2. The van der Waals surface area contributed by atoms with E-state index in [9.17, 15) is 4.79 Å². The minimum atomic E-state index is 0.0256. The van der Waals surface area contributed by atoms with Gasteiger partial charge in [-0.15, -0.1) is 11.6 Å². The van der Waals surface area contributed by atoms with Gasteiger partial charge in [-0.2, -0.15) is 0 Å². The Bertz CT molecular complexity index is 453. The summed E-state index contributed by atoms with van der Waals surface area (Å²) >= 11 is 11.6. The summed E-state index contributed by atoms with van der Waals surface area (Å²) in [4.78, 5) is 16.3. The van der Waals surface area contributed by atoms with Crippen molar-refractivity contribution in [3.8, 4) is 5.75 Å². The molecule has 1 aliphatic rings. The number of hydrogen-bond acceptors (Lipinski definition) is 3. The van der Waals surface area contributed by atoms with Gasteiger partial charge >= 0.3 is 0 Å². The van der Waals surface area contributed by atoms with Gasteiger partial charge in [-0.25, -0.2) is 0 Å². The molecule has 0 radical (unpaired) electrons. The molecule has 0 aliphatic carbocycles. The normalized spacial score (nSPS) is 16.6. The van der Waals surface area contributed by atoms with Gasteiger partial charge in [0.1, 0.15) is 5.75 Å². The summed E-state index contributed by atoms with van der Waals surface area (Å²) in [5.74, 6) is 1.32. The molecule has 0 N–H and O–H groups in total. The minimum Gasteiger partial charge on any atom is -0.484 e. The number of alkyl halides is 1. The number of rotatable bonds is 5.